The predicted molar refractivity (Wildman–Crippen MR) is 100 cm³/mol. The number of aromatic nitrogens is 4. The van der Waals surface area contributed by atoms with E-state index in [0.29, 0.717) is 17.8 Å². The number of amides is 1. The number of hydrogen-bond acceptors (Lipinski definition) is 5. The van der Waals surface area contributed by atoms with Gasteiger partial charge in [-0.3, -0.25) is 9.59 Å². The Hall–Kier alpha value is -3.16. The minimum absolute atomic E-state index is 0.150. The molecule has 1 aliphatic carbocycles. The number of hydrogen-bond donors (Lipinski definition) is 1. The number of carbonyl (C=O) groups is 1. The fourth-order valence-electron chi connectivity index (χ4n) is 3.42. The molecular formula is C19H21N5O3. The lowest BCUT2D eigenvalue weighted by atomic mass is 9.97. The zero-order valence-electron chi connectivity index (χ0n) is 15.1. The highest BCUT2D eigenvalue weighted by Gasteiger charge is 2.20. The van der Waals surface area contributed by atoms with E-state index in [1.165, 1.54) is 11.0 Å². The Kier molecular flexibility index (Phi) is 4.62. The number of ether oxygens (including phenoxy) is 1. The van der Waals surface area contributed by atoms with E-state index in [-0.39, 0.29) is 18.0 Å². The summed E-state index contributed by atoms with van der Waals surface area (Å²) in [6, 6.07) is 7.09. The highest BCUT2D eigenvalue weighted by molar-refractivity contribution is 5.90. The molecule has 27 heavy (non-hydrogen) atoms. The summed E-state index contributed by atoms with van der Waals surface area (Å²) in [7, 11) is 0. The largest absolute Gasteiger partial charge is 0.494 e. The average molecular weight is 367 g/mol. The Morgan fingerprint density at radius 3 is 2.78 bits per heavy atom. The van der Waals surface area contributed by atoms with Gasteiger partial charge < -0.3 is 10.1 Å². The molecule has 0 aliphatic heterocycles. The molecule has 2 heterocycles. The minimum Gasteiger partial charge on any atom is -0.494 e. The van der Waals surface area contributed by atoms with Crippen LogP contribution in [0.25, 0.3) is 5.52 Å². The molecule has 1 aromatic carbocycles. The van der Waals surface area contributed by atoms with Gasteiger partial charge in [-0.05, 0) is 56.9 Å². The first-order chi connectivity index (χ1) is 13.2. The minimum atomic E-state index is -0.313. The summed E-state index contributed by atoms with van der Waals surface area (Å²) in [6.45, 7) is 2.35. The highest BCUT2D eigenvalue weighted by Crippen LogP contribution is 2.22. The van der Waals surface area contributed by atoms with Crippen LogP contribution in [-0.4, -0.2) is 31.9 Å². The van der Waals surface area contributed by atoms with Crippen LogP contribution in [0.15, 0.2) is 35.4 Å². The molecule has 140 valence electrons. The lowest BCUT2D eigenvalue weighted by Crippen LogP contribution is -2.31. The molecule has 2 aromatic heterocycles. The first-order valence-electron chi connectivity index (χ1n) is 9.14. The summed E-state index contributed by atoms with van der Waals surface area (Å²) in [5.41, 5.74) is 2.86. The van der Waals surface area contributed by atoms with Crippen LogP contribution < -0.4 is 15.6 Å². The quantitative estimate of drug-likeness (QED) is 0.743. The first-order valence-corrected chi connectivity index (χ1v) is 9.14. The van der Waals surface area contributed by atoms with Crippen molar-refractivity contribution in [3.05, 3.63) is 52.2 Å². The molecule has 1 aliphatic rings. The van der Waals surface area contributed by atoms with Crippen LogP contribution in [0, 0.1) is 0 Å². The second-order valence-corrected chi connectivity index (χ2v) is 6.52. The van der Waals surface area contributed by atoms with Crippen LogP contribution in [0.1, 0.15) is 31.0 Å². The Labute approximate surface area is 155 Å². The molecule has 0 bridgehead atoms. The molecule has 0 saturated heterocycles. The smallest absolute Gasteiger partial charge is 0.293 e. The Morgan fingerprint density at radius 2 is 2.00 bits per heavy atom. The zero-order chi connectivity index (χ0) is 18.8. The SMILES string of the molecule is CCOc1ccc(NC(=O)Cn2ncn3nc4c(c3c2=O)CCCC4)cc1. The first kappa shape index (κ1) is 17.3. The summed E-state index contributed by atoms with van der Waals surface area (Å²) >= 11 is 0. The number of anilines is 1. The third-order valence-corrected chi connectivity index (χ3v) is 4.66. The van der Waals surface area contributed by atoms with Crippen molar-refractivity contribution in [2.75, 3.05) is 11.9 Å². The van der Waals surface area contributed by atoms with E-state index in [9.17, 15) is 9.59 Å². The van der Waals surface area contributed by atoms with Crippen molar-refractivity contribution >= 4 is 17.1 Å². The number of rotatable bonds is 5. The number of carbonyl (C=O) groups excluding carboxylic acids is 1. The summed E-state index contributed by atoms with van der Waals surface area (Å²) in [5.74, 6) is 0.427. The van der Waals surface area contributed by atoms with E-state index >= 15 is 0 Å². The van der Waals surface area contributed by atoms with Crippen LogP contribution in [0.2, 0.25) is 0 Å². The van der Waals surface area contributed by atoms with Gasteiger partial charge in [0, 0.05) is 11.3 Å². The molecule has 0 spiro atoms. The van der Waals surface area contributed by atoms with Gasteiger partial charge in [0.05, 0.1) is 12.3 Å². The molecular weight excluding hydrogens is 346 g/mol. The summed E-state index contributed by atoms with van der Waals surface area (Å²) in [5, 5.41) is 11.3. The standard InChI is InChI=1S/C19H21N5O3/c1-2-27-14-9-7-13(8-10-14)21-17(25)11-23-19(26)18-15-5-3-4-6-16(15)22-24(18)12-20-23/h7-10,12H,2-6,11H2,1H3,(H,21,25). The van der Waals surface area contributed by atoms with E-state index in [2.05, 4.69) is 15.5 Å². The molecule has 0 fully saturated rings. The number of nitrogens with one attached hydrogen (secondary N) is 1. The second kappa shape index (κ2) is 7.22. The van der Waals surface area contributed by atoms with Crippen LogP contribution >= 0.6 is 0 Å². The van der Waals surface area contributed by atoms with Crippen molar-refractivity contribution in [2.45, 2.75) is 39.2 Å². The second-order valence-electron chi connectivity index (χ2n) is 6.52. The van der Waals surface area contributed by atoms with Crippen molar-refractivity contribution in [3.63, 3.8) is 0 Å². The van der Waals surface area contributed by atoms with Crippen LogP contribution in [0.4, 0.5) is 5.69 Å². The normalized spacial score (nSPS) is 13.4. The molecule has 0 saturated carbocycles. The summed E-state index contributed by atoms with van der Waals surface area (Å²) < 4.78 is 8.11. The van der Waals surface area contributed by atoms with Gasteiger partial charge in [-0.15, -0.1) is 0 Å². The third kappa shape index (κ3) is 3.42. The van der Waals surface area contributed by atoms with Gasteiger partial charge in [0.25, 0.3) is 5.56 Å². The maximum Gasteiger partial charge on any atom is 0.293 e. The third-order valence-electron chi connectivity index (χ3n) is 4.66. The fraction of sp³-hybridized carbons (Fsp3) is 0.368. The van der Waals surface area contributed by atoms with E-state index in [4.69, 9.17) is 4.74 Å². The topological polar surface area (TPSA) is 90.5 Å². The number of benzene rings is 1. The van der Waals surface area contributed by atoms with Crippen molar-refractivity contribution in [1.29, 1.82) is 0 Å². The number of aryl methyl sites for hydroxylation is 2. The fourth-order valence-corrected chi connectivity index (χ4v) is 3.42. The van der Waals surface area contributed by atoms with Crippen molar-refractivity contribution in [1.82, 2.24) is 19.4 Å². The number of fused-ring (bicyclic) bond motifs is 3. The lowest BCUT2D eigenvalue weighted by molar-refractivity contribution is -0.117. The maximum absolute atomic E-state index is 12.8. The summed E-state index contributed by atoms with van der Waals surface area (Å²) in [6.07, 6.45) is 5.36. The Balaban J connectivity index is 1.53. The van der Waals surface area contributed by atoms with Crippen LogP contribution in [0.3, 0.4) is 0 Å². The van der Waals surface area contributed by atoms with Gasteiger partial charge in [0.15, 0.2) is 0 Å². The van der Waals surface area contributed by atoms with E-state index in [1.807, 2.05) is 6.92 Å². The predicted octanol–water partition coefficient (Wildman–Crippen LogP) is 1.81. The molecule has 0 radical (unpaired) electrons. The summed E-state index contributed by atoms with van der Waals surface area (Å²) in [4.78, 5) is 25.2. The van der Waals surface area contributed by atoms with E-state index in [0.717, 1.165) is 42.7 Å². The molecule has 8 nitrogen and oxygen atoms in total. The van der Waals surface area contributed by atoms with Gasteiger partial charge in [-0.2, -0.15) is 10.2 Å². The van der Waals surface area contributed by atoms with Gasteiger partial charge in [0.1, 0.15) is 24.1 Å². The van der Waals surface area contributed by atoms with E-state index in [1.54, 1.807) is 28.8 Å². The average Bonchev–Trinajstić information content (AvgIpc) is 3.05. The lowest BCUT2D eigenvalue weighted by Gasteiger charge is -2.09. The molecule has 1 N–H and O–H groups in total. The molecule has 4 rings (SSSR count). The van der Waals surface area contributed by atoms with Gasteiger partial charge in [-0.25, -0.2) is 9.20 Å². The maximum atomic E-state index is 12.8. The Bertz CT molecular complexity index is 1040. The van der Waals surface area contributed by atoms with E-state index < -0.39 is 0 Å². The van der Waals surface area contributed by atoms with Crippen molar-refractivity contribution in [3.8, 4) is 5.75 Å². The van der Waals surface area contributed by atoms with Crippen molar-refractivity contribution < 1.29 is 9.53 Å². The molecule has 0 unspecified atom stereocenters. The van der Waals surface area contributed by atoms with Crippen LogP contribution in [-0.2, 0) is 24.2 Å². The molecule has 0 atom stereocenters. The number of nitrogens with zero attached hydrogens (tertiary/aromatic N) is 4. The van der Waals surface area contributed by atoms with Crippen molar-refractivity contribution in [2.24, 2.45) is 0 Å². The van der Waals surface area contributed by atoms with Gasteiger partial charge in [0.2, 0.25) is 5.91 Å². The highest BCUT2D eigenvalue weighted by atomic mass is 16.5. The Morgan fingerprint density at radius 1 is 1.22 bits per heavy atom. The zero-order valence-corrected chi connectivity index (χ0v) is 15.1. The van der Waals surface area contributed by atoms with Gasteiger partial charge >= 0.3 is 0 Å². The molecule has 8 heteroatoms. The van der Waals surface area contributed by atoms with Gasteiger partial charge in [-0.1, -0.05) is 0 Å². The van der Waals surface area contributed by atoms with Crippen LogP contribution in [0.5, 0.6) is 5.75 Å². The molecule has 3 aromatic rings. The monoisotopic (exact) mass is 367 g/mol. The molecule has 1 amide bonds.